The standard InChI is InChI=1S/C17H27N3O2/c1-4-5-11-18-17(22)20-15(21)12-19-16(13(2)3)14-9-7-6-8-10-14/h6-10,13,16,19H,4-5,11-12H2,1-3H3,(H2,18,20,21,22)/t16-/m0/s1. The summed E-state index contributed by atoms with van der Waals surface area (Å²) >= 11 is 0. The first kappa shape index (κ1) is 18.2. The topological polar surface area (TPSA) is 70.2 Å². The fourth-order valence-corrected chi connectivity index (χ4v) is 2.20. The van der Waals surface area contributed by atoms with E-state index in [9.17, 15) is 9.59 Å². The fraction of sp³-hybridized carbons (Fsp3) is 0.529. The number of rotatable bonds is 8. The number of nitrogens with one attached hydrogen (secondary N) is 3. The van der Waals surface area contributed by atoms with E-state index in [4.69, 9.17) is 0 Å². The Labute approximate surface area is 132 Å². The highest BCUT2D eigenvalue weighted by molar-refractivity contribution is 5.95. The van der Waals surface area contributed by atoms with Crippen molar-refractivity contribution in [3.8, 4) is 0 Å². The van der Waals surface area contributed by atoms with E-state index < -0.39 is 6.03 Å². The third-order valence-electron chi connectivity index (χ3n) is 3.38. The number of carbonyl (C=O) groups is 2. The minimum Gasteiger partial charge on any atom is -0.338 e. The van der Waals surface area contributed by atoms with Crippen molar-refractivity contribution in [2.75, 3.05) is 13.1 Å². The molecule has 3 N–H and O–H groups in total. The van der Waals surface area contributed by atoms with Gasteiger partial charge in [-0.25, -0.2) is 4.79 Å². The lowest BCUT2D eigenvalue weighted by Crippen LogP contribution is -2.44. The Morgan fingerprint density at radius 3 is 2.41 bits per heavy atom. The molecule has 0 bridgehead atoms. The Kier molecular flexibility index (Phi) is 8.22. The molecule has 0 aliphatic carbocycles. The summed E-state index contributed by atoms with van der Waals surface area (Å²) in [4.78, 5) is 23.3. The number of imide groups is 1. The van der Waals surface area contributed by atoms with E-state index in [1.54, 1.807) is 0 Å². The first-order valence-electron chi connectivity index (χ1n) is 7.90. The molecule has 1 aromatic rings. The molecule has 0 fully saturated rings. The lowest BCUT2D eigenvalue weighted by atomic mass is 9.96. The van der Waals surface area contributed by atoms with E-state index in [0.717, 1.165) is 18.4 Å². The molecule has 1 rings (SSSR count). The van der Waals surface area contributed by atoms with Gasteiger partial charge in [-0.3, -0.25) is 10.1 Å². The Morgan fingerprint density at radius 1 is 1.14 bits per heavy atom. The number of benzene rings is 1. The fourth-order valence-electron chi connectivity index (χ4n) is 2.20. The molecule has 1 atom stereocenters. The van der Waals surface area contributed by atoms with Gasteiger partial charge in [0.2, 0.25) is 5.91 Å². The monoisotopic (exact) mass is 305 g/mol. The Hall–Kier alpha value is -1.88. The SMILES string of the molecule is CCCCNC(=O)NC(=O)CN[C@H](c1ccccc1)C(C)C. The summed E-state index contributed by atoms with van der Waals surface area (Å²) in [7, 11) is 0. The highest BCUT2D eigenvalue weighted by Gasteiger charge is 2.16. The van der Waals surface area contributed by atoms with Crippen molar-refractivity contribution in [3.63, 3.8) is 0 Å². The number of hydrogen-bond donors (Lipinski definition) is 3. The molecule has 1 aromatic carbocycles. The lowest BCUT2D eigenvalue weighted by Gasteiger charge is -2.22. The minimum atomic E-state index is -0.430. The van der Waals surface area contributed by atoms with Gasteiger partial charge in [-0.2, -0.15) is 0 Å². The van der Waals surface area contributed by atoms with Crippen LogP contribution in [0.15, 0.2) is 30.3 Å². The zero-order valence-electron chi connectivity index (χ0n) is 13.7. The maximum Gasteiger partial charge on any atom is 0.321 e. The summed E-state index contributed by atoms with van der Waals surface area (Å²) in [6.45, 7) is 6.94. The molecular formula is C17H27N3O2. The number of urea groups is 1. The molecule has 0 aliphatic heterocycles. The molecule has 5 nitrogen and oxygen atoms in total. The van der Waals surface area contributed by atoms with Crippen LogP contribution in [0.3, 0.4) is 0 Å². The maximum absolute atomic E-state index is 11.8. The van der Waals surface area contributed by atoms with Crippen LogP contribution in [-0.2, 0) is 4.79 Å². The van der Waals surface area contributed by atoms with E-state index in [0.29, 0.717) is 12.5 Å². The van der Waals surface area contributed by atoms with E-state index in [2.05, 4.69) is 29.8 Å². The van der Waals surface area contributed by atoms with Crippen molar-refractivity contribution in [1.82, 2.24) is 16.0 Å². The van der Waals surface area contributed by atoms with Gasteiger partial charge >= 0.3 is 6.03 Å². The molecule has 5 heteroatoms. The van der Waals surface area contributed by atoms with Crippen molar-refractivity contribution < 1.29 is 9.59 Å². The summed E-state index contributed by atoms with van der Waals surface area (Å²) in [6, 6.07) is 9.64. The van der Waals surface area contributed by atoms with E-state index in [1.807, 2.05) is 37.3 Å². The van der Waals surface area contributed by atoms with Crippen LogP contribution in [-0.4, -0.2) is 25.0 Å². The first-order valence-corrected chi connectivity index (χ1v) is 7.90. The molecule has 0 radical (unpaired) electrons. The molecule has 122 valence electrons. The van der Waals surface area contributed by atoms with Crippen molar-refractivity contribution in [1.29, 1.82) is 0 Å². The molecule has 0 spiro atoms. The number of carbonyl (C=O) groups excluding carboxylic acids is 2. The third-order valence-corrected chi connectivity index (χ3v) is 3.38. The minimum absolute atomic E-state index is 0.0788. The van der Waals surface area contributed by atoms with Crippen molar-refractivity contribution in [3.05, 3.63) is 35.9 Å². The molecule has 3 amide bonds. The van der Waals surface area contributed by atoms with E-state index in [1.165, 1.54) is 0 Å². The van der Waals surface area contributed by atoms with Crippen molar-refractivity contribution >= 4 is 11.9 Å². The van der Waals surface area contributed by atoms with Crippen LogP contribution in [0.4, 0.5) is 4.79 Å². The molecule has 0 heterocycles. The Balaban J connectivity index is 2.42. The summed E-state index contributed by atoms with van der Waals surface area (Å²) in [5.74, 6) is 0.0177. The van der Waals surface area contributed by atoms with Crippen LogP contribution in [0.1, 0.15) is 45.2 Å². The molecular weight excluding hydrogens is 278 g/mol. The van der Waals surface area contributed by atoms with Gasteiger partial charge in [-0.1, -0.05) is 57.5 Å². The quantitative estimate of drug-likeness (QED) is 0.647. The highest BCUT2D eigenvalue weighted by Crippen LogP contribution is 2.20. The van der Waals surface area contributed by atoms with Crippen LogP contribution in [0.25, 0.3) is 0 Å². The smallest absolute Gasteiger partial charge is 0.321 e. The van der Waals surface area contributed by atoms with Crippen LogP contribution < -0.4 is 16.0 Å². The first-order chi connectivity index (χ1) is 10.5. The maximum atomic E-state index is 11.8. The van der Waals surface area contributed by atoms with Crippen molar-refractivity contribution in [2.45, 2.75) is 39.7 Å². The Bertz CT molecular complexity index is 460. The zero-order chi connectivity index (χ0) is 16.4. The second kappa shape index (κ2) is 9.95. The van der Waals surface area contributed by atoms with Gasteiger partial charge in [-0.15, -0.1) is 0 Å². The predicted octanol–water partition coefficient (Wildman–Crippen LogP) is 2.60. The average molecular weight is 305 g/mol. The van der Waals surface area contributed by atoms with Gasteiger partial charge in [-0.05, 0) is 17.9 Å². The molecule has 0 aromatic heterocycles. The van der Waals surface area contributed by atoms with E-state index in [-0.39, 0.29) is 18.5 Å². The molecule has 0 unspecified atom stereocenters. The largest absolute Gasteiger partial charge is 0.338 e. The van der Waals surface area contributed by atoms with Crippen LogP contribution in [0.5, 0.6) is 0 Å². The van der Waals surface area contributed by atoms with Gasteiger partial charge in [0.25, 0.3) is 0 Å². The van der Waals surface area contributed by atoms with Crippen LogP contribution in [0, 0.1) is 5.92 Å². The second-order valence-corrected chi connectivity index (χ2v) is 5.67. The van der Waals surface area contributed by atoms with Gasteiger partial charge in [0.15, 0.2) is 0 Å². The summed E-state index contributed by atoms with van der Waals surface area (Å²) in [6.07, 6.45) is 1.91. The van der Waals surface area contributed by atoms with Crippen molar-refractivity contribution in [2.24, 2.45) is 5.92 Å². The Morgan fingerprint density at radius 2 is 1.82 bits per heavy atom. The van der Waals surface area contributed by atoms with Gasteiger partial charge < -0.3 is 10.6 Å². The van der Waals surface area contributed by atoms with Gasteiger partial charge in [0.1, 0.15) is 0 Å². The number of hydrogen-bond acceptors (Lipinski definition) is 3. The molecule has 22 heavy (non-hydrogen) atoms. The van der Waals surface area contributed by atoms with E-state index >= 15 is 0 Å². The molecule has 0 aliphatic rings. The van der Waals surface area contributed by atoms with Crippen LogP contribution >= 0.6 is 0 Å². The lowest BCUT2D eigenvalue weighted by molar-refractivity contribution is -0.119. The third kappa shape index (κ3) is 6.72. The second-order valence-electron chi connectivity index (χ2n) is 5.67. The molecule has 0 saturated carbocycles. The average Bonchev–Trinajstić information content (AvgIpc) is 2.48. The summed E-state index contributed by atoms with van der Waals surface area (Å²) < 4.78 is 0. The summed E-state index contributed by atoms with van der Waals surface area (Å²) in [5, 5.41) is 8.21. The highest BCUT2D eigenvalue weighted by atomic mass is 16.2. The normalized spacial score (nSPS) is 12.0. The zero-order valence-corrected chi connectivity index (χ0v) is 13.7. The summed E-state index contributed by atoms with van der Waals surface area (Å²) in [5.41, 5.74) is 1.14. The van der Waals surface area contributed by atoms with Gasteiger partial charge in [0, 0.05) is 12.6 Å². The number of amides is 3. The predicted molar refractivity (Wildman–Crippen MR) is 88.5 cm³/mol. The number of unbranched alkanes of at least 4 members (excludes halogenated alkanes) is 1. The van der Waals surface area contributed by atoms with Gasteiger partial charge in [0.05, 0.1) is 6.54 Å². The van der Waals surface area contributed by atoms with Crippen LogP contribution in [0.2, 0.25) is 0 Å². The molecule has 0 saturated heterocycles.